The van der Waals surface area contributed by atoms with Gasteiger partial charge in [-0.2, -0.15) is 0 Å². The second-order valence-electron chi connectivity index (χ2n) is 5.74. The first-order chi connectivity index (χ1) is 10.6. The van der Waals surface area contributed by atoms with Crippen LogP contribution in [0.3, 0.4) is 0 Å². The van der Waals surface area contributed by atoms with Crippen molar-refractivity contribution in [3.05, 3.63) is 0 Å². The van der Waals surface area contributed by atoms with Gasteiger partial charge in [0.1, 0.15) is 0 Å². The highest BCUT2D eigenvalue weighted by molar-refractivity contribution is 8.02. The summed E-state index contributed by atoms with van der Waals surface area (Å²) in [5.41, 5.74) is 0. The van der Waals surface area contributed by atoms with E-state index in [1.807, 2.05) is 13.8 Å². The van der Waals surface area contributed by atoms with Crippen LogP contribution in [0.4, 0.5) is 5.13 Å². The van der Waals surface area contributed by atoms with Gasteiger partial charge in [0.05, 0.1) is 5.25 Å². The van der Waals surface area contributed by atoms with Crippen molar-refractivity contribution in [1.82, 2.24) is 15.5 Å². The minimum Gasteiger partial charge on any atom is -0.352 e. The third-order valence-corrected chi connectivity index (χ3v) is 5.76. The lowest BCUT2D eigenvalue weighted by Gasteiger charge is -2.17. The quantitative estimate of drug-likeness (QED) is 0.608. The molecule has 2 aliphatic carbocycles. The van der Waals surface area contributed by atoms with Crippen LogP contribution < -0.4 is 10.2 Å². The minimum atomic E-state index is -0.197. The number of carbonyl (C=O) groups is 2. The maximum Gasteiger partial charge on any atom is 0.233 e. The molecule has 1 N–H and O–H groups in total. The molecule has 22 heavy (non-hydrogen) atoms. The molecule has 2 saturated carbocycles. The van der Waals surface area contributed by atoms with Crippen molar-refractivity contribution in [2.75, 3.05) is 4.90 Å². The van der Waals surface area contributed by atoms with Crippen molar-refractivity contribution in [2.24, 2.45) is 0 Å². The second kappa shape index (κ2) is 6.54. The number of amides is 2. The average molecular weight is 340 g/mol. The summed E-state index contributed by atoms with van der Waals surface area (Å²) in [6, 6.07) is 0.655. The Hall–Kier alpha value is -1.15. The van der Waals surface area contributed by atoms with Crippen LogP contribution in [-0.2, 0) is 9.59 Å². The first-order valence-electron chi connectivity index (χ1n) is 7.71. The molecule has 120 valence electrons. The first-order valence-corrected chi connectivity index (χ1v) is 9.40. The highest BCUT2D eigenvalue weighted by atomic mass is 32.2. The Balaban J connectivity index is 1.62. The van der Waals surface area contributed by atoms with Gasteiger partial charge in [0.2, 0.25) is 16.9 Å². The predicted octanol–water partition coefficient (Wildman–Crippen LogP) is 2.20. The number of hydrogen-bond acceptors (Lipinski definition) is 6. The van der Waals surface area contributed by atoms with E-state index in [0.717, 1.165) is 30.0 Å². The zero-order valence-corrected chi connectivity index (χ0v) is 14.4. The standard InChI is InChI=1S/C14H20N4O2S2/c1-3-11(19)18(10-6-7-10)13-16-17-14(22-13)21-8(2)12(20)15-9-4-5-9/h8-10H,3-7H2,1-2H3,(H,15,20). The summed E-state index contributed by atoms with van der Waals surface area (Å²) >= 11 is 2.81. The van der Waals surface area contributed by atoms with Gasteiger partial charge in [-0.3, -0.25) is 14.5 Å². The number of anilines is 1. The van der Waals surface area contributed by atoms with Crippen LogP contribution in [-0.4, -0.2) is 39.3 Å². The molecule has 1 aromatic heterocycles. The molecular formula is C14H20N4O2S2. The molecule has 0 radical (unpaired) electrons. The fourth-order valence-corrected chi connectivity index (χ4v) is 4.15. The first kappa shape index (κ1) is 15.7. The summed E-state index contributed by atoms with van der Waals surface area (Å²) in [7, 11) is 0. The molecule has 1 unspecified atom stereocenters. The third kappa shape index (κ3) is 3.78. The van der Waals surface area contributed by atoms with Crippen LogP contribution >= 0.6 is 23.1 Å². The van der Waals surface area contributed by atoms with Gasteiger partial charge in [-0.15, -0.1) is 10.2 Å². The van der Waals surface area contributed by atoms with Crippen molar-refractivity contribution < 1.29 is 9.59 Å². The van der Waals surface area contributed by atoms with E-state index < -0.39 is 0 Å². The normalized spacial score (nSPS) is 18.8. The van der Waals surface area contributed by atoms with E-state index in [9.17, 15) is 9.59 Å². The Kier molecular flexibility index (Phi) is 4.67. The monoisotopic (exact) mass is 340 g/mol. The molecule has 3 rings (SSSR count). The largest absolute Gasteiger partial charge is 0.352 e. The van der Waals surface area contributed by atoms with Crippen molar-refractivity contribution in [2.45, 2.75) is 67.6 Å². The summed E-state index contributed by atoms with van der Waals surface area (Å²) in [4.78, 5) is 25.8. The molecule has 1 heterocycles. The van der Waals surface area contributed by atoms with Crippen molar-refractivity contribution >= 4 is 40.0 Å². The van der Waals surface area contributed by atoms with Gasteiger partial charge in [0, 0.05) is 18.5 Å². The molecule has 2 fully saturated rings. The van der Waals surface area contributed by atoms with Gasteiger partial charge in [0.15, 0.2) is 4.34 Å². The van der Waals surface area contributed by atoms with E-state index in [2.05, 4.69) is 15.5 Å². The number of carbonyl (C=O) groups excluding carboxylic acids is 2. The van der Waals surface area contributed by atoms with Gasteiger partial charge >= 0.3 is 0 Å². The van der Waals surface area contributed by atoms with Crippen LogP contribution in [0.1, 0.15) is 46.0 Å². The topological polar surface area (TPSA) is 75.2 Å². The minimum absolute atomic E-state index is 0.0490. The molecule has 6 nitrogen and oxygen atoms in total. The lowest BCUT2D eigenvalue weighted by molar-refractivity contribution is -0.120. The molecule has 1 aromatic rings. The molecule has 8 heteroatoms. The van der Waals surface area contributed by atoms with Gasteiger partial charge in [-0.1, -0.05) is 30.0 Å². The maximum absolute atomic E-state index is 12.1. The molecule has 1 atom stereocenters. The van der Waals surface area contributed by atoms with E-state index in [4.69, 9.17) is 0 Å². The molecular weight excluding hydrogens is 320 g/mol. The number of rotatable bonds is 7. The molecule has 2 aliphatic rings. The van der Waals surface area contributed by atoms with E-state index in [-0.39, 0.29) is 23.1 Å². The van der Waals surface area contributed by atoms with Crippen molar-refractivity contribution in [3.63, 3.8) is 0 Å². The highest BCUT2D eigenvalue weighted by Gasteiger charge is 2.35. The van der Waals surface area contributed by atoms with Crippen LogP contribution in [0.5, 0.6) is 0 Å². The fraction of sp³-hybridized carbons (Fsp3) is 0.714. The molecule has 0 saturated heterocycles. The van der Waals surface area contributed by atoms with E-state index in [1.54, 1.807) is 4.90 Å². The van der Waals surface area contributed by atoms with Gasteiger partial charge in [-0.25, -0.2) is 0 Å². The Morgan fingerprint density at radius 3 is 2.68 bits per heavy atom. The lowest BCUT2D eigenvalue weighted by Crippen LogP contribution is -2.32. The van der Waals surface area contributed by atoms with Crippen LogP contribution in [0.2, 0.25) is 0 Å². The highest BCUT2D eigenvalue weighted by Crippen LogP contribution is 2.37. The third-order valence-electron chi connectivity index (χ3n) is 3.66. The molecule has 0 bridgehead atoms. The Morgan fingerprint density at radius 1 is 1.36 bits per heavy atom. The van der Waals surface area contributed by atoms with Gasteiger partial charge < -0.3 is 5.32 Å². The number of hydrogen-bond donors (Lipinski definition) is 1. The number of nitrogens with zero attached hydrogens (tertiary/aromatic N) is 3. The number of nitrogens with one attached hydrogen (secondary N) is 1. The van der Waals surface area contributed by atoms with Crippen LogP contribution in [0.15, 0.2) is 4.34 Å². The number of thioether (sulfide) groups is 1. The van der Waals surface area contributed by atoms with Crippen molar-refractivity contribution in [1.29, 1.82) is 0 Å². The molecule has 0 aromatic carbocycles. The second-order valence-corrected chi connectivity index (χ2v) is 8.29. The Bertz CT molecular complexity index is 569. The summed E-state index contributed by atoms with van der Waals surface area (Å²) in [5, 5.41) is 11.7. The zero-order valence-electron chi connectivity index (χ0n) is 12.7. The Morgan fingerprint density at radius 2 is 2.09 bits per heavy atom. The smallest absolute Gasteiger partial charge is 0.233 e. The summed E-state index contributed by atoms with van der Waals surface area (Å²) in [6.07, 6.45) is 4.71. The zero-order chi connectivity index (χ0) is 15.7. The predicted molar refractivity (Wildman–Crippen MR) is 87.2 cm³/mol. The maximum atomic E-state index is 12.1. The fourth-order valence-electron chi connectivity index (χ4n) is 2.07. The lowest BCUT2D eigenvalue weighted by atomic mass is 10.4. The molecule has 2 amide bonds. The van der Waals surface area contributed by atoms with E-state index in [1.165, 1.54) is 23.1 Å². The number of aromatic nitrogens is 2. The van der Waals surface area contributed by atoms with E-state index >= 15 is 0 Å². The summed E-state index contributed by atoms with van der Waals surface area (Å²) < 4.78 is 0.739. The van der Waals surface area contributed by atoms with Crippen LogP contribution in [0, 0.1) is 0 Å². The molecule has 0 spiro atoms. The Labute approximate surface area is 138 Å². The van der Waals surface area contributed by atoms with Crippen molar-refractivity contribution in [3.8, 4) is 0 Å². The van der Waals surface area contributed by atoms with Gasteiger partial charge in [0.25, 0.3) is 0 Å². The van der Waals surface area contributed by atoms with E-state index in [0.29, 0.717) is 17.6 Å². The summed E-state index contributed by atoms with van der Waals surface area (Å²) in [6.45, 7) is 3.73. The van der Waals surface area contributed by atoms with Gasteiger partial charge in [-0.05, 0) is 32.6 Å². The average Bonchev–Trinajstić information content (AvgIpc) is 3.41. The molecule has 0 aliphatic heterocycles. The van der Waals surface area contributed by atoms with Crippen LogP contribution in [0.25, 0.3) is 0 Å². The SMILES string of the molecule is CCC(=O)N(c1nnc(SC(C)C(=O)NC2CC2)s1)C1CC1. The summed E-state index contributed by atoms with van der Waals surface area (Å²) in [5.74, 6) is 0.141.